The molecule has 2 heterocycles. The van der Waals surface area contributed by atoms with Crippen LogP contribution in [0.3, 0.4) is 0 Å². The molecule has 2 atom stereocenters. The lowest BCUT2D eigenvalue weighted by atomic mass is 9.96. The summed E-state index contributed by atoms with van der Waals surface area (Å²) in [4.78, 5) is 36.3. The number of fused-ring (bicyclic) bond motifs is 1. The van der Waals surface area contributed by atoms with Gasteiger partial charge >= 0.3 is 18.2 Å². The van der Waals surface area contributed by atoms with Crippen LogP contribution in [0.1, 0.15) is 5.56 Å². The van der Waals surface area contributed by atoms with E-state index in [2.05, 4.69) is 5.32 Å². The van der Waals surface area contributed by atoms with Crippen molar-refractivity contribution in [1.29, 1.82) is 0 Å². The number of nitrogens with zero attached hydrogens (tertiary/aromatic N) is 2. The smallest absolute Gasteiger partial charge is 0.394 e. The van der Waals surface area contributed by atoms with Crippen LogP contribution >= 0.6 is 0 Å². The van der Waals surface area contributed by atoms with E-state index in [9.17, 15) is 27.6 Å². The molecule has 1 aliphatic rings. The Balaban J connectivity index is 1.82. The number of rotatable bonds is 2. The van der Waals surface area contributed by atoms with Crippen LogP contribution in [0.15, 0.2) is 29.1 Å². The number of aryl methyl sites for hydroxylation is 2. The minimum Gasteiger partial charge on any atom is -0.481 e. The molecule has 0 bridgehead atoms. The topological polar surface area (TPSA) is 91.6 Å². The second-order valence-electron chi connectivity index (χ2n) is 6.89. The number of carbonyl (C=O) groups excluding carboxylic acids is 1. The molecule has 0 unspecified atom stereocenters. The van der Waals surface area contributed by atoms with Crippen molar-refractivity contribution < 1.29 is 27.9 Å². The number of carbonyl (C=O) groups is 2. The molecule has 1 aliphatic heterocycles. The number of nitrogens with one attached hydrogen (secondary N) is 1. The van der Waals surface area contributed by atoms with E-state index in [0.717, 1.165) is 4.90 Å². The van der Waals surface area contributed by atoms with Crippen molar-refractivity contribution in [3.63, 3.8) is 0 Å². The fourth-order valence-electron chi connectivity index (χ4n) is 3.48. The highest BCUT2D eigenvalue weighted by molar-refractivity contribution is 5.93. The van der Waals surface area contributed by atoms with Gasteiger partial charge in [-0.15, -0.1) is 0 Å². The van der Waals surface area contributed by atoms with Crippen LogP contribution in [-0.4, -0.2) is 45.8 Å². The van der Waals surface area contributed by atoms with Crippen molar-refractivity contribution >= 4 is 28.6 Å². The highest BCUT2D eigenvalue weighted by Crippen LogP contribution is 2.38. The van der Waals surface area contributed by atoms with Crippen molar-refractivity contribution in [2.45, 2.75) is 13.1 Å². The quantitative estimate of drug-likeness (QED) is 0.815. The number of hydrogen-bond acceptors (Lipinski definition) is 3. The number of aromatic nitrogens is 1. The maximum absolute atomic E-state index is 13.1. The first kappa shape index (κ1) is 19.7. The molecule has 150 valence electrons. The van der Waals surface area contributed by atoms with Gasteiger partial charge in [-0.2, -0.15) is 13.2 Å². The summed E-state index contributed by atoms with van der Waals surface area (Å²) in [6.07, 6.45) is -4.71. The van der Waals surface area contributed by atoms with Crippen molar-refractivity contribution in [2.75, 3.05) is 18.4 Å². The number of likely N-dealkylation sites (tertiary alicyclic amines) is 1. The predicted octanol–water partition coefficient (Wildman–Crippen LogP) is 2.57. The molecule has 0 saturated carbocycles. The van der Waals surface area contributed by atoms with Gasteiger partial charge in [0.15, 0.2) is 0 Å². The second-order valence-corrected chi connectivity index (χ2v) is 6.89. The summed E-state index contributed by atoms with van der Waals surface area (Å²) in [6.45, 7) is 0.417. The lowest BCUT2D eigenvalue weighted by molar-refractivity contribution is -0.187. The first-order valence-electron chi connectivity index (χ1n) is 8.45. The monoisotopic (exact) mass is 397 g/mol. The lowest BCUT2D eigenvalue weighted by Crippen LogP contribution is -2.35. The predicted molar refractivity (Wildman–Crippen MR) is 95.2 cm³/mol. The molecule has 10 heteroatoms. The molecular formula is C18H18F3N3O4. The third kappa shape index (κ3) is 3.54. The van der Waals surface area contributed by atoms with E-state index >= 15 is 0 Å². The van der Waals surface area contributed by atoms with Crippen LogP contribution in [0, 0.1) is 18.8 Å². The van der Waals surface area contributed by atoms with E-state index in [1.165, 1.54) is 10.6 Å². The van der Waals surface area contributed by atoms with Gasteiger partial charge in [0, 0.05) is 36.8 Å². The minimum absolute atomic E-state index is 0.153. The minimum atomic E-state index is -4.71. The SMILES string of the molecule is Cc1cc2cc(NC(=O)N3C[C@@H](C(F)(F)F)[C@H](C(=O)O)C3)ccc2n(C)c1=O. The summed E-state index contributed by atoms with van der Waals surface area (Å²) in [5.74, 6) is -5.39. The van der Waals surface area contributed by atoms with Gasteiger partial charge < -0.3 is 19.9 Å². The van der Waals surface area contributed by atoms with E-state index in [0.29, 0.717) is 22.2 Å². The third-order valence-corrected chi connectivity index (χ3v) is 5.00. The average molecular weight is 397 g/mol. The zero-order valence-electron chi connectivity index (χ0n) is 15.1. The van der Waals surface area contributed by atoms with E-state index in [-0.39, 0.29) is 5.56 Å². The van der Waals surface area contributed by atoms with Gasteiger partial charge in [-0.3, -0.25) is 9.59 Å². The molecule has 0 aliphatic carbocycles. The van der Waals surface area contributed by atoms with E-state index in [1.807, 2.05) is 0 Å². The van der Waals surface area contributed by atoms with Gasteiger partial charge in [-0.05, 0) is 31.2 Å². The van der Waals surface area contributed by atoms with E-state index in [4.69, 9.17) is 5.11 Å². The summed E-state index contributed by atoms with van der Waals surface area (Å²) >= 11 is 0. The number of amides is 2. The Labute approximate surface area is 157 Å². The van der Waals surface area contributed by atoms with Crippen molar-refractivity contribution in [2.24, 2.45) is 18.9 Å². The zero-order chi connectivity index (χ0) is 20.8. The molecule has 1 saturated heterocycles. The van der Waals surface area contributed by atoms with Gasteiger partial charge in [-0.1, -0.05) is 0 Å². The van der Waals surface area contributed by atoms with Crippen molar-refractivity contribution in [3.05, 3.63) is 40.2 Å². The Morgan fingerprint density at radius 3 is 2.46 bits per heavy atom. The third-order valence-electron chi connectivity index (χ3n) is 5.00. The summed E-state index contributed by atoms with van der Waals surface area (Å²) in [6, 6.07) is 5.60. The van der Waals surface area contributed by atoms with Gasteiger partial charge in [-0.25, -0.2) is 4.79 Å². The normalized spacial score (nSPS) is 19.8. The molecule has 28 heavy (non-hydrogen) atoms. The number of alkyl halides is 3. The number of pyridine rings is 1. The van der Waals surface area contributed by atoms with Crippen LogP contribution in [0.25, 0.3) is 10.9 Å². The number of benzene rings is 1. The molecular weight excluding hydrogens is 379 g/mol. The average Bonchev–Trinajstić information content (AvgIpc) is 3.06. The van der Waals surface area contributed by atoms with Crippen molar-refractivity contribution in [3.8, 4) is 0 Å². The Kier molecular flexibility index (Phi) is 4.82. The van der Waals surface area contributed by atoms with Crippen LogP contribution in [0.2, 0.25) is 0 Å². The largest absolute Gasteiger partial charge is 0.481 e. The van der Waals surface area contributed by atoms with Gasteiger partial charge in [0.25, 0.3) is 5.56 Å². The molecule has 2 amide bonds. The van der Waals surface area contributed by atoms with Gasteiger partial charge in [0.05, 0.1) is 17.4 Å². The summed E-state index contributed by atoms with van der Waals surface area (Å²) in [5.41, 5.74) is 1.32. The summed E-state index contributed by atoms with van der Waals surface area (Å²) < 4.78 is 40.7. The number of carboxylic acids is 1. The molecule has 2 aromatic rings. The lowest BCUT2D eigenvalue weighted by Gasteiger charge is -2.19. The van der Waals surface area contributed by atoms with Gasteiger partial charge in [0.2, 0.25) is 0 Å². The Morgan fingerprint density at radius 1 is 1.21 bits per heavy atom. The molecule has 2 N–H and O–H groups in total. The van der Waals surface area contributed by atoms with Crippen LogP contribution in [0.4, 0.5) is 23.7 Å². The maximum atomic E-state index is 13.1. The molecule has 7 nitrogen and oxygen atoms in total. The van der Waals surface area contributed by atoms with Crippen molar-refractivity contribution in [1.82, 2.24) is 9.47 Å². The number of aliphatic carboxylic acids is 1. The first-order chi connectivity index (χ1) is 13.0. The first-order valence-corrected chi connectivity index (χ1v) is 8.45. The van der Waals surface area contributed by atoms with Crippen LogP contribution < -0.4 is 10.9 Å². The Hall–Kier alpha value is -3.04. The fourth-order valence-corrected chi connectivity index (χ4v) is 3.48. The number of hydrogen-bond donors (Lipinski definition) is 2. The Bertz CT molecular complexity index is 1020. The second kappa shape index (κ2) is 6.84. The molecule has 0 radical (unpaired) electrons. The number of halogens is 3. The number of urea groups is 1. The van der Waals surface area contributed by atoms with E-state index in [1.54, 1.807) is 32.2 Å². The maximum Gasteiger partial charge on any atom is 0.394 e. The van der Waals surface area contributed by atoms with Crippen LogP contribution in [-0.2, 0) is 11.8 Å². The molecule has 1 aromatic carbocycles. The summed E-state index contributed by atoms with van der Waals surface area (Å²) in [7, 11) is 1.61. The molecule has 0 spiro atoms. The molecule has 1 fully saturated rings. The zero-order valence-corrected chi connectivity index (χ0v) is 15.1. The van der Waals surface area contributed by atoms with Crippen LogP contribution in [0.5, 0.6) is 0 Å². The molecule has 3 rings (SSSR count). The standard InChI is InChI=1S/C18H18F3N3O4/c1-9-5-10-6-11(3-4-14(10)23(2)15(9)25)22-17(28)24-7-12(16(26)27)13(8-24)18(19,20)21/h3-6,12-13H,7-8H2,1-2H3,(H,22,28)(H,26,27)/t12-,13-/m1/s1. The van der Waals surface area contributed by atoms with Gasteiger partial charge in [0.1, 0.15) is 0 Å². The number of anilines is 1. The summed E-state index contributed by atoms with van der Waals surface area (Å²) in [5, 5.41) is 12.2. The highest BCUT2D eigenvalue weighted by atomic mass is 19.4. The highest BCUT2D eigenvalue weighted by Gasteiger charge is 2.53. The number of carboxylic acid groups (broad SMARTS) is 1. The molecule has 1 aromatic heterocycles. The fraction of sp³-hybridized carbons (Fsp3) is 0.389. The Morgan fingerprint density at radius 2 is 1.89 bits per heavy atom. The van der Waals surface area contributed by atoms with E-state index < -0.39 is 43.1 Å².